The quantitative estimate of drug-likeness (QED) is 0.817. The van der Waals surface area contributed by atoms with E-state index in [1.807, 2.05) is 0 Å². The third kappa shape index (κ3) is 1.80. The van der Waals surface area contributed by atoms with Crippen molar-refractivity contribution in [3.8, 4) is 0 Å². The average molecular weight is 231 g/mol. The molecule has 1 saturated heterocycles. The van der Waals surface area contributed by atoms with Crippen molar-refractivity contribution < 1.29 is 5.11 Å². The highest BCUT2D eigenvalue weighted by Gasteiger charge is 2.43. The van der Waals surface area contributed by atoms with E-state index in [1.54, 1.807) is 5.56 Å². The van der Waals surface area contributed by atoms with Crippen LogP contribution in [0.15, 0.2) is 24.3 Å². The van der Waals surface area contributed by atoms with Gasteiger partial charge in [-0.15, -0.1) is 0 Å². The van der Waals surface area contributed by atoms with E-state index < -0.39 is 0 Å². The molecule has 1 aromatic rings. The summed E-state index contributed by atoms with van der Waals surface area (Å²) in [6, 6.07) is 8.90. The van der Waals surface area contributed by atoms with Crippen molar-refractivity contribution in [3.05, 3.63) is 35.4 Å². The lowest BCUT2D eigenvalue weighted by Gasteiger charge is -2.35. The van der Waals surface area contributed by atoms with Gasteiger partial charge >= 0.3 is 0 Å². The molecule has 1 aliphatic carbocycles. The second-order valence-electron chi connectivity index (χ2n) is 5.53. The van der Waals surface area contributed by atoms with Crippen molar-refractivity contribution in [2.75, 3.05) is 19.7 Å². The van der Waals surface area contributed by atoms with Gasteiger partial charge < -0.3 is 10.4 Å². The van der Waals surface area contributed by atoms with Crippen LogP contribution in [0.5, 0.6) is 0 Å². The number of piperidine rings is 1. The topological polar surface area (TPSA) is 32.3 Å². The van der Waals surface area contributed by atoms with E-state index in [-0.39, 0.29) is 0 Å². The largest absolute Gasteiger partial charge is 0.396 e. The van der Waals surface area contributed by atoms with Crippen LogP contribution in [0.4, 0.5) is 0 Å². The zero-order valence-corrected chi connectivity index (χ0v) is 10.3. The monoisotopic (exact) mass is 231 g/mol. The molecule has 1 aromatic carbocycles. The molecule has 2 nitrogen and oxygen atoms in total. The number of hydrogen-bond donors (Lipinski definition) is 2. The Hall–Kier alpha value is -0.860. The fourth-order valence-corrected chi connectivity index (χ4v) is 3.82. The summed E-state index contributed by atoms with van der Waals surface area (Å²) in [7, 11) is 0. The van der Waals surface area contributed by atoms with Crippen molar-refractivity contribution in [2.24, 2.45) is 0 Å². The van der Waals surface area contributed by atoms with Gasteiger partial charge in [-0.2, -0.15) is 0 Å². The Morgan fingerprint density at radius 1 is 1.24 bits per heavy atom. The second-order valence-corrected chi connectivity index (χ2v) is 5.53. The number of hydrogen-bond acceptors (Lipinski definition) is 2. The summed E-state index contributed by atoms with van der Waals surface area (Å²) in [6.07, 6.45) is 4.68. The highest BCUT2D eigenvalue weighted by atomic mass is 16.3. The number of benzene rings is 1. The van der Waals surface area contributed by atoms with Crippen molar-refractivity contribution in [1.82, 2.24) is 5.32 Å². The minimum Gasteiger partial charge on any atom is -0.396 e. The molecule has 1 heterocycles. The maximum atomic E-state index is 9.23. The van der Waals surface area contributed by atoms with Gasteiger partial charge in [0.05, 0.1) is 0 Å². The zero-order chi connectivity index (χ0) is 11.7. The number of rotatable bonds is 2. The maximum Gasteiger partial charge on any atom is 0.0436 e. The summed E-state index contributed by atoms with van der Waals surface area (Å²) in [5.74, 6) is 0.578. The molecule has 1 fully saturated rings. The fourth-order valence-electron chi connectivity index (χ4n) is 3.82. The third-order valence-corrected chi connectivity index (χ3v) is 4.65. The SMILES string of the molecule is OCCC1CC2(CCNCC2)c2ccccc21. The lowest BCUT2D eigenvalue weighted by Crippen LogP contribution is -2.38. The van der Waals surface area contributed by atoms with Crippen LogP contribution in [0.25, 0.3) is 0 Å². The maximum absolute atomic E-state index is 9.23. The molecular formula is C15H21NO. The minimum atomic E-state index is 0.313. The molecule has 2 aliphatic rings. The third-order valence-electron chi connectivity index (χ3n) is 4.65. The van der Waals surface area contributed by atoms with Crippen molar-refractivity contribution in [3.63, 3.8) is 0 Å². The smallest absolute Gasteiger partial charge is 0.0436 e. The molecule has 0 aromatic heterocycles. The van der Waals surface area contributed by atoms with Gasteiger partial charge in [0.1, 0.15) is 0 Å². The van der Waals surface area contributed by atoms with Crippen molar-refractivity contribution >= 4 is 0 Å². The fraction of sp³-hybridized carbons (Fsp3) is 0.600. The summed E-state index contributed by atoms with van der Waals surface area (Å²) in [4.78, 5) is 0. The van der Waals surface area contributed by atoms with E-state index in [0.29, 0.717) is 17.9 Å². The Morgan fingerprint density at radius 3 is 2.76 bits per heavy atom. The van der Waals surface area contributed by atoms with E-state index in [4.69, 9.17) is 0 Å². The molecule has 0 radical (unpaired) electrons. The molecule has 0 amide bonds. The number of aliphatic hydroxyl groups is 1. The molecule has 1 aliphatic heterocycles. The Morgan fingerprint density at radius 2 is 2.00 bits per heavy atom. The van der Waals surface area contributed by atoms with E-state index in [1.165, 1.54) is 24.8 Å². The normalized spacial score (nSPS) is 26.1. The molecule has 2 N–H and O–H groups in total. The first-order chi connectivity index (χ1) is 8.36. The predicted molar refractivity (Wildman–Crippen MR) is 69.3 cm³/mol. The molecule has 1 atom stereocenters. The minimum absolute atomic E-state index is 0.313. The molecule has 2 heteroatoms. The lowest BCUT2D eigenvalue weighted by atomic mass is 9.74. The van der Waals surface area contributed by atoms with Gasteiger partial charge in [-0.1, -0.05) is 24.3 Å². The number of nitrogens with one attached hydrogen (secondary N) is 1. The van der Waals surface area contributed by atoms with Gasteiger partial charge in [0, 0.05) is 6.61 Å². The Bertz CT molecular complexity index is 396. The van der Waals surface area contributed by atoms with E-state index >= 15 is 0 Å². The summed E-state index contributed by atoms with van der Waals surface area (Å²) >= 11 is 0. The van der Waals surface area contributed by atoms with Crippen LogP contribution in [-0.4, -0.2) is 24.8 Å². The van der Waals surface area contributed by atoms with Crippen molar-refractivity contribution in [1.29, 1.82) is 0 Å². The summed E-state index contributed by atoms with van der Waals surface area (Å²) < 4.78 is 0. The van der Waals surface area contributed by atoms with Gasteiger partial charge in [0.2, 0.25) is 0 Å². The van der Waals surface area contributed by atoms with Crippen molar-refractivity contribution in [2.45, 2.75) is 37.0 Å². The van der Waals surface area contributed by atoms with Gasteiger partial charge in [-0.3, -0.25) is 0 Å². The Balaban J connectivity index is 1.98. The van der Waals surface area contributed by atoms with Gasteiger partial charge in [0.15, 0.2) is 0 Å². The standard InChI is InChI=1S/C15H21NO/c17-10-5-12-11-15(6-8-16-9-7-15)14-4-2-1-3-13(12)14/h1-4,12,16-17H,5-11H2. The van der Waals surface area contributed by atoms with E-state index in [9.17, 15) is 5.11 Å². The summed E-state index contributed by atoms with van der Waals surface area (Å²) in [5.41, 5.74) is 3.48. The zero-order valence-electron chi connectivity index (χ0n) is 10.3. The summed E-state index contributed by atoms with van der Waals surface area (Å²) in [6.45, 7) is 2.59. The van der Waals surface area contributed by atoms with Crippen LogP contribution >= 0.6 is 0 Å². The van der Waals surface area contributed by atoms with Crippen LogP contribution in [-0.2, 0) is 5.41 Å². The van der Waals surface area contributed by atoms with E-state index in [2.05, 4.69) is 29.6 Å². The molecule has 0 bridgehead atoms. The van der Waals surface area contributed by atoms with Crippen LogP contribution in [0.1, 0.15) is 42.7 Å². The Kier molecular flexibility index (Phi) is 2.93. The van der Waals surface area contributed by atoms with Gasteiger partial charge in [0.25, 0.3) is 0 Å². The lowest BCUT2D eigenvalue weighted by molar-refractivity contribution is 0.250. The number of aliphatic hydroxyl groups excluding tert-OH is 1. The molecule has 17 heavy (non-hydrogen) atoms. The first-order valence-electron chi connectivity index (χ1n) is 6.77. The first-order valence-corrected chi connectivity index (χ1v) is 6.77. The van der Waals surface area contributed by atoms with Crippen LogP contribution in [0.3, 0.4) is 0 Å². The number of fused-ring (bicyclic) bond motifs is 2. The van der Waals surface area contributed by atoms with Gasteiger partial charge in [-0.25, -0.2) is 0 Å². The predicted octanol–water partition coefficient (Wildman–Crippen LogP) is 2.18. The molecule has 1 unspecified atom stereocenters. The molecule has 1 spiro atoms. The highest BCUT2D eigenvalue weighted by Crippen LogP contribution is 2.51. The van der Waals surface area contributed by atoms with Gasteiger partial charge in [-0.05, 0) is 61.2 Å². The first kappa shape index (κ1) is 11.2. The van der Waals surface area contributed by atoms with Crippen LogP contribution in [0, 0.1) is 0 Å². The molecule has 0 saturated carbocycles. The van der Waals surface area contributed by atoms with E-state index in [0.717, 1.165) is 19.5 Å². The molecule has 92 valence electrons. The summed E-state index contributed by atoms with van der Waals surface area (Å²) in [5, 5.41) is 12.7. The van der Waals surface area contributed by atoms with Crippen LogP contribution in [0.2, 0.25) is 0 Å². The second kappa shape index (κ2) is 4.43. The Labute approximate surface area is 103 Å². The average Bonchev–Trinajstić information content (AvgIpc) is 2.66. The van der Waals surface area contributed by atoms with Crippen LogP contribution < -0.4 is 5.32 Å². The molecule has 3 rings (SSSR count). The highest BCUT2D eigenvalue weighted by molar-refractivity contribution is 5.43. The molecular weight excluding hydrogens is 210 g/mol.